The van der Waals surface area contributed by atoms with Gasteiger partial charge in [0.1, 0.15) is 0 Å². The molecule has 0 bridgehead atoms. The highest BCUT2D eigenvalue weighted by molar-refractivity contribution is 5.80. The number of primary amides is 1. The molecule has 1 aliphatic carbocycles. The Labute approximate surface area is 108 Å². The lowest BCUT2D eigenvalue weighted by Gasteiger charge is -2.33. The van der Waals surface area contributed by atoms with Crippen LogP contribution in [-0.2, 0) is 9.59 Å². The molecule has 0 aromatic rings. The Balaban J connectivity index is 1.69. The van der Waals surface area contributed by atoms with Gasteiger partial charge in [0.25, 0.3) is 0 Å². The van der Waals surface area contributed by atoms with Crippen LogP contribution in [-0.4, -0.2) is 54.8 Å². The molecular weight excluding hydrogens is 230 g/mol. The Morgan fingerprint density at radius 3 is 2.33 bits per heavy atom. The van der Waals surface area contributed by atoms with Crippen molar-refractivity contribution >= 4 is 11.8 Å². The van der Waals surface area contributed by atoms with E-state index >= 15 is 0 Å². The van der Waals surface area contributed by atoms with E-state index in [2.05, 4.69) is 4.90 Å². The summed E-state index contributed by atoms with van der Waals surface area (Å²) in [5.41, 5.74) is 5.19. The third kappa shape index (κ3) is 3.70. The molecule has 18 heavy (non-hydrogen) atoms. The second-order valence-corrected chi connectivity index (χ2v) is 5.68. The molecule has 2 N–H and O–H groups in total. The zero-order valence-electron chi connectivity index (χ0n) is 11.1. The van der Waals surface area contributed by atoms with Gasteiger partial charge in [-0.2, -0.15) is 0 Å². The predicted octanol–water partition coefficient (Wildman–Crippen LogP) is 0.0521. The summed E-state index contributed by atoms with van der Waals surface area (Å²) in [5.74, 6) is 0.941. The number of hydrogen-bond acceptors (Lipinski definition) is 3. The molecule has 0 atom stereocenters. The molecule has 0 aromatic carbocycles. The van der Waals surface area contributed by atoms with Gasteiger partial charge in [-0.05, 0) is 44.7 Å². The summed E-state index contributed by atoms with van der Waals surface area (Å²) in [5, 5.41) is 0. The summed E-state index contributed by atoms with van der Waals surface area (Å²) in [4.78, 5) is 26.7. The fourth-order valence-electron chi connectivity index (χ4n) is 2.67. The molecule has 5 nitrogen and oxygen atoms in total. The number of nitrogens with zero attached hydrogens (tertiary/aromatic N) is 2. The molecule has 2 rings (SSSR count). The van der Waals surface area contributed by atoms with Crippen molar-refractivity contribution in [2.75, 3.05) is 33.2 Å². The summed E-state index contributed by atoms with van der Waals surface area (Å²) in [6, 6.07) is 0. The monoisotopic (exact) mass is 253 g/mol. The molecule has 2 aliphatic rings. The maximum Gasteiger partial charge on any atom is 0.231 e. The van der Waals surface area contributed by atoms with E-state index in [4.69, 9.17) is 5.73 Å². The molecular formula is C13H23N3O2. The Bertz CT molecular complexity index is 320. The van der Waals surface area contributed by atoms with Gasteiger partial charge in [0, 0.05) is 19.5 Å². The smallest absolute Gasteiger partial charge is 0.231 e. The van der Waals surface area contributed by atoms with Crippen molar-refractivity contribution in [3.8, 4) is 0 Å². The first-order valence-corrected chi connectivity index (χ1v) is 6.82. The van der Waals surface area contributed by atoms with Crippen molar-refractivity contribution in [2.45, 2.75) is 25.7 Å². The third-order valence-electron chi connectivity index (χ3n) is 3.92. The quantitative estimate of drug-likeness (QED) is 0.753. The first kappa shape index (κ1) is 13.3. The highest BCUT2D eigenvalue weighted by atomic mass is 16.2. The minimum Gasteiger partial charge on any atom is -0.369 e. The highest BCUT2D eigenvalue weighted by Crippen LogP contribution is 2.31. The standard InChI is InChI=1S/C13H23N3O2/c1-15(13(18)11-2-3-11)8-10-4-6-16(7-5-10)9-12(14)17/h10-11H,2-9H2,1H3,(H2,14,17). The largest absolute Gasteiger partial charge is 0.369 e. The van der Waals surface area contributed by atoms with E-state index in [1.54, 1.807) is 0 Å². The van der Waals surface area contributed by atoms with Crippen LogP contribution < -0.4 is 5.73 Å². The molecule has 1 saturated carbocycles. The van der Waals surface area contributed by atoms with E-state index in [9.17, 15) is 9.59 Å². The number of likely N-dealkylation sites (tertiary alicyclic amines) is 1. The predicted molar refractivity (Wildman–Crippen MR) is 68.7 cm³/mol. The molecule has 2 fully saturated rings. The van der Waals surface area contributed by atoms with Crippen LogP contribution >= 0.6 is 0 Å². The average Bonchev–Trinajstić information content (AvgIpc) is 3.14. The van der Waals surface area contributed by atoms with Gasteiger partial charge in [-0.3, -0.25) is 14.5 Å². The maximum atomic E-state index is 11.8. The average molecular weight is 253 g/mol. The Kier molecular flexibility index (Phi) is 4.22. The minimum atomic E-state index is -0.255. The topological polar surface area (TPSA) is 66.6 Å². The van der Waals surface area contributed by atoms with Gasteiger partial charge in [-0.1, -0.05) is 0 Å². The molecule has 1 heterocycles. The van der Waals surface area contributed by atoms with Gasteiger partial charge in [0.05, 0.1) is 6.54 Å². The van der Waals surface area contributed by atoms with E-state index in [-0.39, 0.29) is 5.91 Å². The number of amides is 2. The van der Waals surface area contributed by atoms with E-state index in [0.717, 1.165) is 45.3 Å². The molecule has 0 unspecified atom stereocenters. The summed E-state index contributed by atoms with van der Waals surface area (Å²) in [6.45, 7) is 3.06. The second kappa shape index (κ2) is 5.69. The normalized spacial score (nSPS) is 21.8. The lowest BCUT2D eigenvalue weighted by molar-refractivity contribution is -0.132. The SMILES string of the molecule is CN(CC1CCN(CC(N)=O)CC1)C(=O)C1CC1. The van der Waals surface area contributed by atoms with E-state index < -0.39 is 0 Å². The van der Waals surface area contributed by atoms with Gasteiger partial charge in [0.15, 0.2) is 0 Å². The molecule has 1 aliphatic heterocycles. The van der Waals surface area contributed by atoms with Crippen molar-refractivity contribution in [1.82, 2.24) is 9.80 Å². The van der Waals surface area contributed by atoms with Crippen molar-refractivity contribution in [1.29, 1.82) is 0 Å². The Morgan fingerprint density at radius 1 is 1.22 bits per heavy atom. The van der Waals surface area contributed by atoms with E-state index in [1.807, 2.05) is 11.9 Å². The minimum absolute atomic E-state index is 0.255. The lowest BCUT2D eigenvalue weighted by atomic mass is 9.96. The molecule has 5 heteroatoms. The lowest BCUT2D eigenvalue weighted by Crippen LogP contribution is -2.42. The molecule has 0 spiro atoms. The van der Waals surface area contributed by atoms with Crippen molar-refractivity contribution in [3.63, 3.8) is 0 Å². The highest BCUT2D eigenvalue weighted by Gasteiger charge is 2.33. The first-order chi connectivity index (χ1) is 8.56. The third-order valence-corrected chi connectivity index (χ3v) is 3.92. The van der Waals surface area contributed by atoms with Crippen LogP contribution in [0.4, 0.5) is 0 Å². The molecule has 0 aromatic heterocycles. The zero-order chi connectivity index (χ0) is 13.1. The number of nitrogens with two attached hydrogens (primary N) is 1. The van der Waals surface area contributed by atoms with E-state index in [0.29, 0.717) is 24.3 Å². The van der Waals surface area contributed by atoms with Crippen LogP contribution in [0.15, 0.2) is 0 Å². The van der Waals surface area contributed by atoms with Crippen molar-refractivity contribution < 1.29 is 9.59 Å². The molecule has 1 saturated heterocycles. The fourth-order valence-corrected chi connectivity index (χ4v) is 2.67. The summed E-state index contributed by atoms with van der Waals surface area (Å²) in [7, 11) is 1.91. The van der Waals surface area contributed by atoms with Gasteiger partial charge in [0.2, 0.25) is 11.8 Å². The number of carbonyl (C=O) groups is 2. The van der Waals surface area contributed by atoms with Crippen LogP contribution in [0.2, 0.25) is 0 Å². The molecule has 0 radical (unpaired) electrons. The molecule has 102 valence electrons. The molecule has 2 amide bonds. The van der Waals surface area contributed by atoms with Crippen LogP contribution in [0, 0.1) is 11.8 Å². The summed E-state index contributed by atoms with van der Waals surface area (Å²) in [6.07, 6.45) is 4.24. The fraction of sp³-hybridized carbons (Fsp3) is 0.846. The maximum absolute atomic E-state index is 11.8. The van der Waals surface area contributed by atoms with Gasteiger partial charge in [-0.15, -0.1) is 0 Å². The van der Waals surface area contributed by atoms with Crippen LogP contribution in [0.3, 0.4) is 0 Å². The van der Waals surface area contributed by atoms with Gasteiger partial charge < -0.3 is 10.6 Å². The van der Waals surface area contributed by atoms with Crippen LogP contribution in [0.25, 0.3) is 0 Å². The number of rotatable bonds is 5. The summed E-state index contributed by atoms with van der Waals surface area (Å²) < 4.78 is 0. The van der Waals surface area contributed by atoms with Crippen molar-refractivity contribution in [2.24, 2.45) is 17.6 Å². The zero-order valence-corrected chi connectivity index (χ0v) is 11.1. The summed E-state index contributed by atoms with van der Waals surface area (Å²) >= 11 is 0. The van der Waals surface area contributed by atoms with Crippen LogP contribution in [0.1, 0.15) is 25.7 Å². The Hall–Kier alpha value is -1.10. The van der Waals surface area contributed by atoms with E-state index in [1.165, 1.54) is 0 Å². The van der Waals surface area contributed by atoms with Gasteiger partial charge >= 0.3 is 0 Å². The van der Waals surface area contributed by atoms with Gasteiger partial charge in [-0.25, -0.2) is 0 Å². The van der Waals surface area contributed by atoms with Crippen LogP contribution in [0.5, 0.6) is 0 Å². The number of piperidine rings is 1. The second-order valence-electron chi connectivity index (χ2n) is 5.68. The Morgan fingerprint density at radius 2 is 1.83 bits per heavy atom. The van der Waals surface area contributed by atoms with Crippen molar-refractivity contribution in [3.05, 3.63) is 0 Å². The number of hydrogen-bond donors (Lipinski definition) is 1. The first-order valence-electron chi connectivity index (χ1n) is 6.82. The number of carbonyl (C=O) groups excluding carboxylic acids is 2.